The van der Waals surface area contributed by atoms with Crippen LogP contribution in [0.25, 0.3) is 0 Å². The quantitative estimate of drug-likeness (QED) is 0.860. The maximum absolute atomic E-state index is 12.7. The minimum Gasteiger partial charge on any atom is -0.481 e. The Hall–Kier alpha value is -0.620. The zero-order chi connectivity index (χ0) is 14.0. The third-order valence-corrected chi connectivity index (χ3v) is 6.95. The van der Waals surface area contributed by atoms with Crippen LogP contribution in [0.15, 0.2) is 0 Å². The summed E-state index contributed by atoms with van der Waals surface area (Å²) < 4.78 is 26.8. The van der Waals surface area contributed by atoms with Gasteiger partial charge >= 0.3 is 5.97 Å². The fourth-order valence-electron chi connectivity index (χ4n) is 3.19. The highest BCUT2D eigenvalue weighted by molar-refractivity contribution is 7.89. The number of sulfonamides is 1. The van der Waals surface area contributed by atoms with Gasteiger partial charge in [-0.25, -0.2) is 8.42 Å². The Morgan fingerprint density at radius 2 is 1.74 bits per heavy atom. The second kappa shape index (κ2) is 5.79. The number of hydrogen-bond acceptors (Lipinski definition) is 3. The molecule has 2 rings (SSSR count). The summed E-state index contributed by atoms with van der Waals surface area (Å²) in [6, 6.07) is -0.0671. The maximum Gasteiger partial charge on any atom is 0.307 e. The first-order valence-corrected chi connectivity index (χ1v) is 8.66. The predicted molar refractivity (Wildman–Crippen MR) is 72.3 cm³/mol. The molecule has 0 aromatic heterocycles. The Bertz CT molecular complexity index is 428. The normalized spacial score (nSPS) is 31.2. The number of piperidine rings is 1. The molecule has 110 valence electrons. The van der Waals surface area contributed by atoms with E-state index in [1.807, 2.05) is 6.92 Å². The number of carboxylic acids is 1. The van der Waals surface area contributed by atoms with Crippen LogP contribution >= 0.6 is 0 Å². The Balaban J connectivity index is 2.14. The number of hydrogen-bond donors (Lipinski definition) is 1. The van der Waals surface area contributed by atoms with E-state index in [1.165, 1.54) is 4.31 Å². The lowest BCUT2D eigenvalue weighted by Gasteiger charge is -2.38. The molecule has 1 N–H and O–H groups in total. The van der Waals surface area contributed by atoms with Crippen LogP contribution in [0.3, 0.4) is 0 Å². The molecule has 0 radical (unpaired) electrons. The second-order valence-corrected chi connectivity index (χ2v) is 8.00. The molecule has 1 aliphatic heterocycles. The van der Waals surface area contributed by atoms with Crippen LogP contribution in [0.1, 0.15) is 51.9 Å². The molecule has 0 amide bonds. The van der Waals surface area contributed by atoms with Crippen molar-refractivity contribution in [1.29, 1.82) is 0 Å². The van der Waals surface area contributed by atoms with Crippen LogP contribution in [0.4, 0.5) is 0 Å². The SMILES string of the molecule is CC1CCC(C(=O)O)CN1S(=O)(=O)C1CCCCC1. The van der Waals surface area contributed by atoms with E-state index < -0.39 is 21.9 Å². The first-order chi connectivity index (χ1) is 8.93. The van der Waals surface area contributed by atoms with Crippen molar-refractivity contribution < 1.29 is 18.3 Å². The molecule has 0 bridgehead atoms. The minimum atomic E-state index is -3.33. The van der Waals surface area contributed by atoms with Gasteiger partial charge in [-0.1, -0.05) is 19.3 Å². The number of rotatable bonds is 3. The molecule has 1 saturated carbocycles. The molecule has 1 heterocycles. The van der Waals surface area contributed by atoms with E-state index in [1.54, 1.807) is 0 Å². The van der Waals surface area contributed by atoms with E-state index in [0.717, 1.165) is 32.1 Å². The van der Waals surface area contributed by atoms with Gasteiger partial charge in [0, 0.05) is 12.6 Å². The molecule has 2 fully saturated rings. The van der Waals surface area contributed by atoms with Gasteiger partial charge in [0.15, 0.2) is 0 Å². The van der Waals surface area contributed by atoms with E-state index in [-0.39, 0.29) is 17.8 Å². The summed E-state index contributed by atoms with van der Waals surface area (Å²) in [5.41, 5.74) is 0. The summed E-state index contributed by atoms with van der Waals surface area (Å²) in [6.45, 7) is 2.04. The van der Waals surface area contributed by atoms with E-state index in [0.29, 0.717) is 12.8 Å². The molecule has 5 nitrogen and oxygen atoms in total. The van der Waals surface area contributed by atoms with Crippen molar-refractivity contribution in [3.05, 3.63) is 0 Å². The molecule has 1 aliphatic carbocycles. The van der Waals surface area contributed by atoms with Crippen LogP contribution in [0.5, 0.6) is 0 Å². The molecule has 0 aromatic carbocycles. The highest BCUT2D eigenvalue weighted by Crippen LogP contribution is 2.31. The third kappa shape index (κ3) is 3.11. The van der Waals surface area contributed by atoms with E-state index in [9.17, 15) is 13.2 Å². The molecule has 19 heavy (non-hydrogen) atoms. The maximum atomic E-state index is 12.7. The first-order valence-electron chi connectivity index (χ1n) is 7.16. The van der Waals surface area contributed by atoms with Gasteiger partial charge in [0.1, 0.15) is 0 Å². The van der Waals surface area contributed by atoms with Crippen molar-refractivity contribution in [3.8, 4) is 0 Å². The summed E-state index contributed by atoms with van der Waals surface area (Å²) in [7, 11) is -3.33. The number of aliphatic carboxylic acids is 1. The van der Waals surface area contributed by atoms with Crippen LogP contribution in [-0.4, -0.2) is 41.6 Å². The van der Waals surface area contributed by atoms with Crippen LogP contribution < -0.4 is 0 Å². The topological polar surface area (TPSA) is 74.7 Å². The van der Waals surface area contributed by atoms with Crippen molar-refractivity contribution in [3.63, 3.8) is 0 Å². The molecule has 2 atom stereocenters. The number of carbonyl (C=O) groups is 1. The second-order valence-electron chi connectivity index (χ2n) is 5.84. The average molecular weight is 289 g/mol. The van der Waals surface area contributed by atoms with Crippen molar-refractivity contribution in [2.24, 2.45) is 5.92 Å². The molecule has 2 aliphatic rings. The van der Waals surface area contributed by atoms with Crippen molar-refractivity contribution in [2.75, 3.05) is 6.54 Å². The fraction of sp³-hybridized carbons (Fsp3) is 0.923. The Kier molecular flexibility index (Phi) is 4.50. The third-order valence-electron chi connectivity index (χ3n) is 4.47. The lowest BCUT2D eigenvalue weighted by molar-refractivity contribution is -0.143. The van der Waals surface area contributed by atoms with Gasteiger partial charge in [-0.05, 0) is 32.6 Å². The van der Waals surface area contributed by atoms with Crippen molar-refractivity contribution >= 4 is 16.0 Å². The summed E-state index contributed by atoms with van der Waals surface area (Å²) in [6.07, 6.45) is 5.71. The number of nitrogens with zero attached hydrogens (tertiary/aromatic N) is 1. The summed E-state index contributed by atoms with van der Waals surface area (Å²) >= 11 is 0. The van der Waals surface area contributed by atoms with E-state index >= 15 is 0 Å². The van der Waals surface area contributed by atoms with Gasteiger partial charge in [-0.2, -0.15) is 4.31 Å². The zero-order valence-electron chi connectivity index (χ0n) is 11.4. The smallest absolute Gasteiger partial charge is 0.307 e. The monoisotopic (exact) mass is 289 g/mol. The Morgan fingerprint density at radius 1 is 1.11 bits per heavy atom. The highest BCUT2D eigenvalue weighted by atomic mass is 32.2. The molecular formula is C13H23NO4S. The fourth-order valence-corrected chi connectivity index (χ4v) is 5.49. The van der Waals surface area contributed by atoms with Crippen molar-refractivity contribution in [2.45, 2.75) is 63.2 Å². The van der Waals surface area contributed by atoms with Gasteiger partial charge in [-0.15, -0.1) is 0 Å². The van der Waals surface area contributed by atoms with Gasteiger partial charge < -0.3 is 5.11 Å². The minimum absolute atomic E-state index is 0.0671. The van der Waals surface area contributed by atoms with Crippen molar-refractivity contribution in [1.82, 2.24) is 4.31 Å². The molecule has 1 saturated heterocycles. The Labute approximate surface area is 115 Å². The molecule has 6 heteroatoms. The summed E-state index contributed by atoms with van der Waals surface area (Å²) in [5.74, 6) is -1.43. The molecule has 0 aromatic rings. The zero-order valence-corrected chi connectivity index (χ0v) is 12.2. The van der Waals surface area contributed by atoms with Gasteiger partial charge in [-0.3, -0.25) is 4.79 Å². The van der Waals surface area contributed by atoms with Gasteiger partial charge in [0.05, 0.1) is 11.2 Å². The van der Waals surface area contributed by atoms with Crippen LogP contribution in [-0.2, 0) is 14.8 Å². The largest absolute Gasteiger partial charge is 0.481 e. The molecular weight excluding hydrogens is 266 g/mol. The van der Waals surface area contributed by atoms with Gasteiger partial charge in [0.25, 0.3) is 0 Å². The molecule has 0 spiro atoms. The highest BCUT2D eigenvalue weighted by Gasteiger charge is 2.40. The lowest BCUT2D eigenvalue weighted by Crippen LogP contribution is -2.50. The summed E-state index contributed by atoms with van der Waals surface area (Å²) in [4.78, 5) is 11.1. The average Bonchev–Trinajstić information content (AvgIpc) is 2.39. The lowest BCUT2D eigenvalue weighted by atomic mass is 9.96. The van der Waals surface area contributed by atoms with Gasteiger partial charge in [0.2, 0.25) is 10.0 Å². The Morgan fingerprint density at radius 3 is 2.32 bits per heavy atom. The van der Waals surface area contributed by atoms with Crippen LogP contribution in [0, 0.1) is 5.92 Å². The van der Waals surface area contributed by atoms with E-state index in [2.05, 4.69) is 0 Å². The standard InChI is InChI=1S/C13H23NO4S/c1-10-7-8-11(13(15)16)9-14(10)19(17,18)12-5-3-2-4-6-12/h10-12H,2-9H2,1H3,(H,15,16). The molecule has 2 unspecified atom stereocenters. The summed E-state index contributed by atoms with van der Waals surface area (Å²) in [5, 5.41) is 8.80. The van der Waals surface area contributed by atoms with E-state index in [4.69, 9.17) is 5.11 Å². The first kappa shape index (κ1) is 14.8. The van der Waals surface area contributed by atoms with Crippen LogP contribution in [0.2, 0.25) is 0 Å². The number of carboxylic acid groups (broad SMARTS) is 1. The predicted octanol–water partition coefficient (Wildman–Crippen LogP) is 1.83.